The number of likely N-dealkylation sites (tertiary alicyclic amines) is 1. The molecule has 1 amide bonds. The highest BCUT2D eigenvalue weighted by molar-refractivity contribution is 6.31. The first-order valence-electron chi connectivity index (χ1n) is 11.4. The molecule has 6 rings (SSSR count). The van der Waals surface area contributed by atoms with Crippen molar-refractivity contribution in [3.05, 3.63) is 83.4 Å². The van der Waals surface area contributed by atoms with E-state index in [1.165, 1.54) is 0 Å². The van der Waals surface area contributed by atoms with E-state index >= 15 is 0 Å². The van der Waals surface area contributed by atoms with Crippen LogP contribution in [0.15, 0.2) is 77.2 Å². The number of benzene rings is 3. The number of aromatic nitrogens is 1. The van der Waals surface area contributed by atoms with Crippen molar-refractivity contribution in [2.45, 2.75) is 6.42 Å². The second-order valence-electron chi connectivity index (χ2n) is 9.10. The molecule has 0 saturated carbocycles. The molecule has 2 bridgehead atoms. The Bertz CT molecular complexity index is 1310. The molecule has 0 N–H and O–H groups in total. The van der Waals surface area contributed by atoms with Gasteiger partial charge in [-0.15, -0.1) is 0 Å². The van der Waals surface area contributed by atoms with Crippen LogP contribution in [0.25, 0.3) is 22.2 Å². The lowest BCUT2D eigenvalue weighted by Crippen LogP contribution is -2.54. The molecule has 2 saturated heterocycles. The van der Waals surface area contributed by atoms with Crippen molar-refractivity contribution in [3.8, 4) is 11.1 Å². The minimum Gasteiger partial charge on any atom is -0.423 e. The van der Waals surface area contributed by atoms with Gasteiger partial charge in [-0.05, 0) is 53.6 Å². The van der Waals surface area contributed by atoms with Crippen LogP contribution < -0.4 is 4.90 Å². The predicted octanol–water partition coefficient (Wildman–Crippen LogP) is 5.75. The van der Waals surface area contributed by atoms with Gasteiger partial charge in [-0.25, -0.2) is 0 Å². The summed E-state index contributed by atoms with van der Waals surface area (Å²) in [6.07, 6.45) is 1.13. The molecule has 5 nitrogen and oxygen atoms in total. The smallest absolute Gasteiger partial charge is 0.298 e. The average molecular weight is 458 g/mol. The van der Waals surface area contributed by atoms with Gasteiger partial charge in [0.1, 0.15) is 5.52 Å². The van der Waals surface area contributed by atoms with Crippen LogP contribution in [-0.2, 0) is 0 Å². The lowest BCUT2D eigenvalue weighted by atomic mass is 9.84. The maximum atomic E-state index is 13.6. The van der Waals surface area contributed by atoms with Gasteiger partial charge in [0.15, 0.2) is 5.58 Å². The number of amides is 1. The van der Waals surface area contributed by atoms with Crippen LogP contribution in [0.3, 0.4) is 0 Å². The van der Waals surface area contributed by atoms with Crippen LogP contribution in [0.1, 0.15) is 16.8 Å². The van der Waals surface area contributed by atoms with Gasteiger partial charge in [0.25, 0.3) is 11.9 Å². The molecule has 3 aromatic carbocycles. The number of nitrogens with zero attached hydrogens (tertiary/aromatic N) is 3. The Morgan fingerprint density at radius 1 is 0.909 bits per heavy atom. The Morgan fingerprint density at radius 2 is 1.64 bits per heavy atom. The second kappa shape index (κ2) is 8.23. The maximum Gasteiger partial charge on any atom is 0.298 e. The SMILES string of the molecule is O=C(c1ccccc1-c1ccccc1)N1CC2CC(C1)CN(c1nc3cc(Cl)ccc3o1)C2. The molecule has 4 aromatic rings. The van der Waals surface area contributed by atoms with Gasteiger partial charge in [0.2, 0.25) is 0 Å². The Balaban J connectivity index is 1.22. The van der Waals surface area contributed by atoms with Crippen molar-refractivity contribution in [2.75, 3.05) is 31.1 Å². The first kappa shape index (κ1) is 20.3. The topological polar surface area (TPSA) is 49.6 Å². The third-order valence-electron chi connectivity index (χ3n) is 6.72. The number of carbonyl (C=O) groups excluding carboxylic acids is 1. The van der Waals surface area contributed by atoms with Gasteiger partial charge < -0.3 is 14.2 Å². The molecule has 33 heavy (non-hydrogen) atoms. The van der Waals surface area contributed by atoms with Crippen molar-refractivity contribution in [3.63, 3.8) is 0 Å². The zero-order valence-corrected chi connectivity index (χ0v) is 18.9. The van der Waals surface area contributed by atoms with E-state index in [1.54, 1.807) is 0 Å². The molecule has 2 aliphatic rings. The van der Waals surface area contributed by atoms with E-state index in [-0.39, 0.29) is 5.91 Å². The van der Waals surface area contributed by atoms with Gasteiger partial charge in [-0.1, -0.05) is 60.1 Å². The fraction of sp³-hybridized carbons (Fsp3) is 0.259. The van der Waals surface area contributed by atoms with Gasteiger partial charge >= 0.3 is 0 Å². The van der Waals surface area contributed by atoms with Gasteiger partial charge in [0, 0.05) is 36.8 Å². The molecule has 2 aliphatic heterocycles. The predicted molar refractivity (Wildman–Crippen MR) is 131 cm³/mol. The molecule has 2 unspecified atom stereocenters. The summed E-state index contributed by atoms with van der Waals surface area (Å²) in [5, 5.41) is 0.655. The molecule has 2 atom stereocenters. The van der Waals surface area contributed by atoms with E-state index in [1.807, 2.05) is 65.6 Å². The number of rotatable bonds is 3. The summed E-state index contributed by atoms with van der Waals surface area (Å²) in [6.45, 7) is 3.17. The zero-order chi connectivity index (χ0) is 22.4. The molecule has 0 aliphatic carbocycles. The highest BCUT2D eigenvalue weighted by Gasteiger charge is 2.38. The van der Waals surface area contributed by atoms with Crippen LogP contribution in [0.4, 0.5) is 6.01 Å². The molecular formula is C27H24ClN3O2. The third kappa shape index (κ3) is 3.87. The van der Waals surface area contributed by atoms with Crippen LogP contribution in [0.2, 0.25) is 5.02 Å². The molecule has 0 radical (unpaired) electrons. The van der Waals surface area contributed by atoms with Gasteiger partial charge in [-0.3, -0.25) is 4.79 Å². The lowest BCUT2D eigenvalue weighted by Gasteiger charge is -2.45. The van der Waals surface area contributed by atoms with Crippen molar-refractivity contribution >= 4 is 34.6 Å². The first-order chi connectivity index (χ1) is 16.1. The summed E-state index contributed by atoms with van der Waals surface area (Å²) in [7, 11) is 0. The number of piperidine rings is 2. The number of anilines is 1. The normalized spacial score (nSPS) is 20.3. The summed E-state index contributed by atoms with van der Waals surface area (Å²) in [6, 6.07) is 24.2. The monoisotopic (exact) mass is 457 g/mol. The number of fused-ring (bicyclic) bond motifs is 3. The van der Waals surface area contributed by atoms with E-state index in [0.717, 1.165) is 60.4 Å². The minimum absolute atomic E-state index is 0.120. The quantitative estimate of drug-likeness (QED) is 0.393. The lowest BCUT2D eigenvalue weighted by molar-refractivity contribution is 0.0562. The van der Waals surface area contributed by atoms with Gasteiger partial charge in [0.05, 0.1) is 0 Å². The van der Waals surface area contributed by atoms with Crippen LogP contribution in [0, 0.1) is 11.8 Å². The van der Waals surface area contributed by atoms with E-state index < -0.39 is 0 Å². The van der Waals surface area contributed by atoms with E-state index in [2.05, 4.69) is 22.0 Å². The van der Waals surface area contributed by atoms with Crippen LogP contribution >= 0.6 is 11.6 Å². The Hall–Kier alpha value is -3.31. The Kier molecular flexibility index (Phi) is 5.07. The van der Waals surface area contributed by atoms with E-state index in [0.29, 0.717) is 22.9 Å². The third-order valence-corrected chi connectivity index (χ3v) is 6.95. The maximum absolute atomic E-state index is 13.6. The Morgan fingerprint density at radius 3 is 2.42 bits per heavy atom. The van der Waals surface area contributed by atoms with Crippen molar-refractivity contribution < 1.29 is 9.21 Å². The molecule has 2 fully saturated rings. The molecule has 1 aromatic heterocycles. The minimum atomic E-state index is 0.120. The first-order valence-corrected chi connectivity index (χ1v) is 11.8. The molecule has 166 valence electrons. The summed E-state index contributed by atoms with van der Waals surface area (Å²) in [4.78, 5) is 22.5. The Labute approximate surface area is 197 Å². The second-order valence-corrected chi connectivity index (χ2v) is 9.54. The van der Waals surface area contributed by atoms with Crippen molar-refractivity contribution in [1.82, 2.24) is 9.88 Å². The van der Waals surface area contributed by atoms with E-state index in [4.69, 9.17) is 16.0 Å². The average Bonchev–Trinajstić information content (AvgIpc) is 3.27. The summed E-state index contributed by atoms with van der Waals surface area (Å²) >= 11 is 6.11. The fourth-order valence-corrected chi connectivity index (χ4v) is 5.50. The molecule has 0 spiro atoms. The summed E-state index contributed by atoms with van der Waals surface area (Å²) < 4.78 is 6.01. The number of hydrogen-bond donors (Lipinski definition) is 0. The van der Waals surface area contributed by atoms with Gasteiger partial charge in [-0.2, -0.15) is 4.98 Å². The standard InChI is InChI=1S/C27H24ClN3O2/c28-21-10-11-25-24(13-21)29-27(33-25)31-16-18-12-19(17-31)15-30(14-18)26(32)23-9-5-4-8-22(23)20-6-2-1-3-7-20/h1-11,13,18-19H,12,14-17H2. The summed E-state index contributed by atoms with van der Waals surface area (Å²) in [5.41, 5.74) is 4.37. The zero-order valence-electron chi connectivity index (χ0n) is 18.2. The van der Waals surface area contributed by atoms with E-state index in [9.17, 15) is 4.79 Å². The number of hydrogen-bond acceptors (Lipinski definition) is 4. The molecule has 3 heterocycles. The largest absolute Gasteiger partial charge is 0.423 e. The van der Waals surface area contributed by atoms with Crippen LogP contribution in [0.5, 0.6) is 0 Å². The number of carbonyl (C=O) groups is 1. The fourth-order valence-electron chi connectivity index (χ4n) is 5.34. The summed E-state index contributed by atoms with van der Waals surface area (Å²) in [5.74, 6) is 0.905. The number of halogens is 1. The van der Waals surface area contributed by atoms with Crippen molar-refractivity contribution in [1.29, 1.82) is 0 Å². The highest BCUT2D eigenvalue weighted by atomic mass is 35.5. The highest BCUT2D eigenvalue weighted by Crippen LogP contribution is 2.34. The number of oxazole rings is 1. The molecule has 6 heteroatoms. The van der Waals surface area contributed by atoms with Crippen LogP contribution in [-0.4, -0.2) is 42.0 Å². The molecular weight excluding hydrogens is 434 g/mol. The van der Waals surface area contributed by atoms with Crippen molar-refractivity contribution in [2.24, 2.45) is 11.8 Å².